The molecule has 1 aliphatic rings. The Labute approximate surface area is 414 Å². The van der Waals surface area contributed by atoms with Crippen LogP contribution in [0, 0.1) is 11.3 Å². The number of methoxy groups -OCH3 is 2. The Bertz CT molecular complexity index is 2880. The van der Waals surface area contributed by atoms with E-state index in [1.807, 2.05) is 84.9 Å². The number of fused-ring (bicyclic) bond motifs is 1. The molecule has 5 aromatic carbocycles. The third kappa shape index (κ3) is 11.0. The first kappa shape index (κ1) is 50.3. The Morgan fingerprint density at radius 2 is 1.37 bits per heavy atom. The third-order valence-electron chi connectivity index (χ3n) is 12.1. The van der Waals surface area contributed by atoms with Crippen LogP contribution in [0.15, 0.2) is 140 Å². The molecule has 8 rings (SSSR count). The highest BCUT2D eigenvalue weighted by atomic mass is 31.2. The molecule has 0 aliphatic carbocycles. The van der Waals surface area contributed by atoms with E-state index in [2.05, 4.69) is 53.7 Å². The summed E-state index contributed by atoms with van der Waals surface area (Å²) in [6.45, 7) is 8.38. The molecule has 0 bridgehead atoms. The van der Waals surface area contributed by atoms with Crippen molar-refractivity contribution in [3.63, 3.8) is 0 Å². The summed E-state index contributed by atoms with van der Waals surface area (Å²) in [6, 6.07) is 44.9. The number of benzene rings is 5. The van der Waals surface area contributed by atoms with E-state index >= 15 is 0 Å². The van der Waals surface area contributed by atoms with E-state index in [0.29, 0.717) is 22.6 Å². The second-order valence-corrected chi connectivity index (χ2v) is 18.7. The molecule has 17 heteroatoms. The average molecular weight is 977 g/mol. The average Bonchev–Trinajstić information content (AvgIpc) is 3.98. The third-order valence-corrected chi connectivity index (χ3v) is 14.2. The molecule has 0 radical (unpaired) electrons. The van der Waals surface area contributed by atoms with Gasteiger partial charge in [0.15, 0.2) is 11.9 Å². The van der Waals surface area contributed by atoms with E-state index in [4.69, 9.17) is 38.8 Å². The molecule has 2 aromatic heterocycles. The van der Waals surface area contributed by atoms with Gasteiger partial charge in [-0.05, 0) is 80.8 Å². The van der Waals surface area contributed by atoms with Crippen LogP contribution in [0.5, 0.6) is 11.5 Å². The number of anilines is 2. The molecule has 366 valence electrons. The zero-order chi connectivity index (χ0) is 50.1. The van der Waals surface area contributed by atoms with Crippen LogP contribution >= 0.6 is 8.53 Å². The molecule has 1 saturated heterocycles. The number of nitriles is 1. The smallest absolute Gasteiger partial charge is 0.259 e. The highest BCUT2D eigenvalue weighted by molar-refractivity contribution is 7.44. The summed E-state index contributed by atoms with van der Waals surface area (Å²) in [4.78, 5) is 37.4. The molecular weight excluding hydrogens is 920 g/mol. The molecule has 1 amide bonds. The number of nitrogens with one attached hydrogen (secondary N) is 1. The van der Waals surface area contributed by atoms with Crippen LogP contribution in [0.3, 0.4) is 0 Å². The number of nitrogens with two attached hydrogens (primary N) is 1. The Hall–Kier alpha value is -7.09. The maximum absolute atomic E-state index is 14.6. The van der Waals surface area contributed by atoms with Crippen molar-refractivity contribution in [2.75, 3.05) is 38.5 Å². The molecule has 0 spiro atoms. The van der Waals surface area contributed by atoms with Crippen molar-refractivity contribution in [3.05, 3.63) is 173 Å². The van der Waals surface area contributed by atoms with Crippen LogP contribution in [0.1, 0.15) is 89.9 Å². The summed E-state index contributed by atoms with van der Waals surface area (Å²) >= 11 is 0. The number of rotatable bonds is 21. The lowest BCUT2D eigenvalue weighted by Crippen LogP contribution is -2.39. The van der Waals surface area contributed by atoms with Crippen molar-refractivity contribution < 1.29 is 37.6 Å². The molecule has 16 nitrogen and oxygen atoms in total. The van der Waals surface area contributed by atoms with E-state index < -0.39 is 44.3 Å². The summed E-state index contributed by atoms with van der Waals surface area (Å²) in [5, 5.41) is 17.6. The standard InChI is InChI=1S/C54H57N8O8P/c1-35(2)62(36(3)4)71(68-32-16-31-55)70-44-33-46(61-51-47(48(60-61)49(63)37-17-10-7-11-18-37)50(58-53(56)59-51)57-52(64)38-19-12-8-13-20-38)69-45(44)34-67-54(39-21-14-9-15-22-39,40-23-27-42(65-5)28-24-40)41-25-29-43(66-6)30-26-41/h7-15,17-30,35-36,44-46H,16,32-34H2,1-6H3,(H3,56,57,58,59,64)/t44-,45+,46-,71?/m0/s1. The summed E-state index contributed by atoms with van der Waals surface area (Å²) < 4.78 is 43.0. The number of ether oxygens (including phenoxy) is 4. The Balaban J connectivity index is 1.27. The summed E-state index contributed by atoms with van der Waals surface area (Å²) in [6.07, 6.45) is -2.14. The summed E-state index contributed by atoms with van der Waals surface area (Å²) in [7, 11) is 1.45. The van der Waals surface area contributed by atoms with Gasteiger partial charge in [-0.25, -0.2) is 9.35 Å². The van der Waals surface area contributed by atoms with Gasteiger partial charge in [-0.3, -0.25) is 9.59 Å². The number of nitrogen functional groups attached to an aromatic ring is 1. The second-order valence-electron chi connectivity index (χ2n) is 17.3. The number of nitrogens with zero attached hydrogens (tertiary/aromatic N) is 6. The van der Waals surface area contributed by atoms with Gasteiger partial charge < -0.3 is 39.0 Å². The molecule has 3 heterocycles. The lowest BCUT2D eigenvalue weighted by atomic mass is 9.80. The van der Waals surface area contributed by atoms with Crippen molar-refractivity contribution in [2.45, 2.75) is 76.7 Å². The SMILES string of the molecule is COc1ccc(C(OC[C@H]2O[C@H](n3nc(C(=O)c4ccccc4)c4c(NC(=O)c5ccccc5)nc(N)nc43)C[C@@H]2OP(OCCC#N)N(C(C)C)C(C)C)(c2ccccc2)c2ccc(OC)cc2)cc1. The molecule has 4 atom stereocenters. The van der Waals surface area contributed by atoms with Gasteiger partial charge in [0, 0.05) is 29.6 Å². The number of carbonyl (C=O) groups excluding carboxylic acids is 2. The fourth-order valence-corrected chi connectivity index (χ4v) is 10.6. The maximum Gasteiger partial charge on any atom is 0.259 e. The van der Waals surface area contributed by atoms with Crippen LogP contribution in [-0.2, 0) is 24.1 Å². The first-order valence-electron chi connectivity index (χ1n) is 23.4. The molecule has 71 heavy (non-hydrogen) atoms. The number of amides is 1. The van der Waals surface area contributed by atoms with Gasteiger partial charge in [-0.1, -0.05) is 103 Å². The van der Waals surface area contributed by atoms with Crippen LogP contribution in [0.2, 0.25) is 0 Å². The van der Waals surface area contributed by atoms with Crippen molar-refractivity contribution >= 4 is 43.0 Å². The fraction of sp³-hybridized carbons (Fsp3) is 0.296. The van der Waals surface area contributed by atoms with Crippen molar-refractivity contribution in [3.8, 4) is 17.6 Å². The van der Waals surface area contributed by atoms with Gasteiger partial charge in [-0.2, -0.15) is 20.3 Å². The van der Waals surface area contributed by atoms with Gasteiger partial charge >= 0.3 is 0 Å². The molecule has 0 saturated carbocycles. The summed E-state index contributed by atoms with van der Waals surface area (Å²) in [5.41, 5.74) is 8.53. The minimum atomic E-state index is -1.79. The zero-order valence-corrected chi connectivity index (χ0v) is 41.4. The van der Waals surface area contributed by atoms with E-state index in [1.54, 1.807) is 68.8 Å². The Morgan fingerprint density at radius 3 is 1.92 bits per heavy atom. The lowest BCUT2D eigenvalue weighted by molar-refractivity contribution is -0.0931. The predicted octanol–water partition coefficient (Wildman–Crippen LogP) is 9.87. The lowest BCUT2D eigenvalue weighted by Gasteiger charge is -2.39. The normalized spacial score (nSPS) is 16.3. The quantitative estimate of drug-likeness (QED) is 0.0298. The van der Waals surface area contributed by atoms with E-state index in [-0.39, 0.29) is 66.6 Å². The summed E-state index contributed by atoms with van der Waals surface area (Å²) in [5.74, 6) is 0.275. The van der Waals surface area contributed by atoms with E-state index in [1.165, 1.54) is 4.68 Å². The van der Waals surface area contributed by atoms with Crippen molar-refractivity contribution in [2.24, 2.45) is 0 Å². The molecular formula is C54H57N8O8P. The topological polar surface area (TPSA) is 198 Å². The van der Waals surface area contributed by atoms with Crippen LogP contribution < -0.4 is 20.5 Å². The number of ketones is 1. The van der Waals surface area contributed by atoms with Gasteiger partial charge in [0.2, 0.25) is 11.7 Å². The van der Waals surface area contributed by atoms with Crippen LogP contribution in [0.4, 0.5) is 11.8 Å². The Morgan fingerprint density at radius 1 is 0.817 bits per heavy atom. The highest BCUT2D eigenvalue weighted by Gasteiger charge is 2.46. The van der Waals surface area contributed by atoms with Crippen LogP contribution in [-0.4, -0.2) is 87.8 Å². The van der Waals surface area contributed by atoms with Gasteiger partial charge in [0.25, 0.3) is 14.4 Å². The van der Waals surface area contributed by atoms with Gasteiger partial charge in [0.1, 0.15) is 34.7 Å². The molecule has 3 N–H and O–H groups in total. The largest absolute Gasteiger partial charge is 0.497 e. The maximum atomic E-state index is 14.6. The number of aromatic nitrogens is 4. The predicted molar refractivity (Wildman–Crippen MR) is 271 cm³/mol. The van der Waals surface area contributed by atoms with E-state index in [9.17, 15) is 14.9 Å². The minimum Gasteiger partial charge on any atom is -0.497 e. The first-order chi connectivity index (χ1) is 34.4. The van der Waals surface area contributed by atoms with Crippen molar-refractivity contribution in [1.29, 1.82) is 5.26 Å². The van der Waals surface area contributed by atoms with Crippen LogP contribution in [0.25, 0.3) is 11.0 Å². The van der Waals surface area contributed by atoms with E-state index in [0.717, 1.165) is 16.7 Å². The molecule has 1 aliphatic heterocycles. The zero-order valence-electron chi connectivity index (χ0n) is 40.5. The molecule has 1 unspecified atom stereocenters. The number of hydrogen-bond acceptors (Lipinski definition) is 14. The van der Waals surface area contributed by atoms with Crippen molar-refractivity contribution in [1.82, 2.24) is 24.4 Å². The number of carbonyl (C=O) groups is 2. The highest BCUT2D eigenvalue weighted by Crippen LogP contribution is 2.51. The fourth-order valence-electron chi connectivity index (χ4n) is 8.80. The second kappa shape index (κ2) is 22.8. The first-order valence-corrected chi connectivity index (χ1v) is 24.5. The van der Waals surface area contributed by atoms with Gasteiger partial charge in [0.05, 0.1) is 51.4 Å². The monoisotopic (exact) mass is 976 g/mol. The molecule has 7 aromatic rings. The minimum absolute atomic E-state index is 0.00213. The molecule has 1 fully saturated rings. The Kier molecular flexibility index (Phi) is 16.1. The van der Waals surface area contributed by atoms with Gasteiger partial charge in [-0.15, -0.1) is 0 Å². The number of hydrogen-bond donors (Lipinski definition) is 2.